The van der Waals surface area contributed by atoms with Crippen LogP contribution in [0, 0.1) is 6.92 Å². The first-order chi connectivity index (χ1) is 20.1. The number of anilines is 1. The molecule has 0 aliphatic carbocycles. The van der Waals surface area contributed by atoms with E-state index in [0.717, 1.165) is 37.3 Å². The SMILES string of the molecule is Cc1nnn(Cc2ccc(C(=O)Nc3ccc(C(F)(F)F)cc3)nc2)c1C(=O)N1CCN(Cc2ccc(Cl)cc2)CC1. The highest BCUT2D eigenvalue weighted by Crippen LogP contribution is 2.30. The average Bonchev–Trinajstić information content (AvgIpc) is 3.33. The summed E-state index contributed by atoms with van der Waals surface area (Å²) in [5, 5.41) is 11.5. The zero-order valence-corrected chi connectivity index (χ0v) is 23.4. The van der Waals surface area contributed by atoms with E-state index in [1.807, 2.05) is 24.3 Å². The summed E-state index contributed by atoms with van der Waals surface area (Å²) in [5.41, 5.74) is 2.25. The molecule has 0 spiro atoms. The van der Waals surface area contributed by atoms with Gasteiger partial charge in [0.2, 0.25) is 0 Å². The summed E-state index contributed by atoms with van der Waals surface area (Å²) in [6, 6.07) is 15.1. The van der Waals surface area contributed by atoms with Gasteiger partial charge in [0.1, 0.15) is 11.4 Å². The van der Waals surface area contributed by atoms with Crippen LogP contribution in [-0.2, 0) is 19.3 Å². The van der Waals surface area contributed by atoms with E-state index in [4.69, 9.17) is 11.6 Å². The molecule has 2 amide bonds. The number of aryl methyl sites for hydroxylation is 1. The van der Waals surface area contributed by atoms with Crippen molar-refractivity contribution in [3.05, 3.63) is 106 Å². The standard InChI is InChI=1S/C29H27ClF3N7O2/c1-19-26(28(42)39-14-12-38(13-15-39)17-20-2-7-23(30)8-3-20)40(37-36-19)18-21-4-11-25(34-16-21)27(41)35-24-9-5-22(6-10-24)29(31,32)33/h2-11,16H,12-15,17-18H2,1H3,(H,35,41). The Balaban J connectivity index is 1.18. The number of rotatable bonds is 7. The smallest absolute Gasteiger partial charge is 0.335 e. The Morgan fingerprint density at radius 2 is 1.57 bits per heavy atom. The van der Waals surface area contributed by atoms with Crippen molar-refractivity contribution in [2.45, 2.75) is 26.2 Å². The van der Waals surface area contributed by atoms with Crippen molar-refractivity contribution < 1.29 is 22.8 Å². The van der Waals surface area contributed by atoms with Gasteiger partial charge in [-0.1, -0.05) is 35.0 Å². The predicted octanol–water partition coefficient (Wildman–Crippen LogP) is 4.91. The van der Waals surface area contributed by atoms with E-state index in [-0.39, 0.29) is 23.8 Å². The number of carbonyl (C=O) groups is 2. The molecule has 5 rings (SSSR count). The number of amides is 2. The highest BCUT2D eigenvalue weighted by atomic mass is 35.5. The van der Waals surface area contributed by atoms with Crippen molar-refractivity contribution in [2.75, 3.05) is 31.5 Å². The van der Waals surface area contributed by atoms with Crippen LogP contribution in [-0.4, -0.2) is 67.8 Å². The molecule has 1 N–H and O–H groups in total. The van der Waals surface area contributed by atoms with Crippen LogP contribution in [0.1, 0.15) is 43.4 Å². The Morgan fingerprint density at radius 3 is 2.19 bits per heavy atom. The fraction of sp³-hybridized carbons (Fsp3) is 0.276. The van der Waals surface area contributed by atoms with E-state index in [1.54, 1.807) is 17.9 Å². The van der Waals surface area contributed by atoms with Crippen molar-refractivity contribution in [2.24, 2.45) is 0 Å². The number of alkyl halides is 3. The lowest BCUT2D eigenvalue weighted by Gasteiger charge is -2.34. The summed E-state index contributed by atoms with van der Waals surface area (Å²) in [4.78, 5) is 34.3. The predicted molar refractivity (Wildman–Crippen MR) is 150 cm³/mol. The molecule has 42 heavy (non-hydrogen) atoms. The Morgan fingerprint density at radius 1 is 0.905 bits per heavy atom. The molecule has 13 heteroatoms. The monoisotopic (exact) mass is 597 g/mol. The summed E-state index contributed by atoms with van der Waals surface area (Å²) in [5.74, 6) is -0.715. The second kappa shape index (κ2) is 12.3. The number of nitrogens with one attached hydrogen (secondary N) is 1. The minimum atomic E-state index is -4.46. The first-order valence-corrected chi connectivity index (χ1v) is 13.5. The molecule has 1 fully saturated rings. The first-order valence-electron chi connectivity index (χ1n) is 13.2. The van der Waals surface area contributed by atoms with Gasteiger partial charge < -0.3 is 10.2 Å². The zero-order valence-electron chi connectivity index (χ0n) is 22.6. The van der Waals surface area contributed by atoms with E-state index in [1.165, 1.54) is 29.1 Å². The van der Waals surface area contributed by atoms with Gasteiger partial charge in [0, 0.05) is 49.6 Å². The van der Waals surface area contributed by atoms with Gasteiger partial charge >= 0.3 is 6.18 Å². The molecule has 3 heterocycles. The molecule has 2 aromatic heterocycles. The Bertz CT molecular complexity index is 1550. The number of piperazine rings is 1. The lowest BCUT2D eigenvalue weighted by Crippen LogP contribution is -2.48. The molecule has 0 unspecified atom stereocenters. The van der Waals surface area contributed by atoms with Crippen LogP contribution in [0.2, 0.25) is 5.02 Å². The normalized spacial score (nSPS) is 14.2. The number of aromatic nitrogens is 4. The van der Waals surface area contributed by atoms with Crippen molar-refractivity contribution in [1.82, 2.24) is 29.8 Å². The largest absolute Gasteiger partial charge is 0.416 e. The summed E-state index contributed by atoms with van der Waals surface area (Å²) >= 11 is 5.98. The van der Waals surface area contributed by atoms with Gasteiger partial charge in [-0.2, -0.15) is 13.2 Å². The number of halogens is 4. The Hall–Kier alpha value is -4.29. The number of hydrogen-bond acceptors (Lipinski definition) is 6. The highest BCUT2D eigenvalue weighted by molar-refractivity contribution is 6.30. The molecule has 1 aliphatic heterocycles. The second-order valence-corrected chi connectivity index (χ2v) is 10.4. The van der Waals surface area contributed by atoms with Crippen LogP contribution in [0.5, 0.6) is 0 Å². The lowest BCUT2D eigenvalue weighted by atomic mass is 10.2. The number of benzene rings is 2. The van der Waals surface area contributed by atoms with Crippen LogP contribution in [0.25, 0.3) is 0 Å². The molecular formula is C29H27ClF3N7O2. The Labute approximate surface area is 244 Å². The number of pyridine rings is 1. The molecule has 0 atom stereocenters. The van der Waals surface area contributed by atoms with E-state index in [0.29, 0.717) is 35.1 Å². The van der Waals surface area contributed by atoms with Gasteiger partial charge in [-0.05, 0) is 60.5 Å². The Kier molecular flexibility index (Phi) is 8.55. The molecule has 2 aromatic carbocycles. The minimum Gasteiger partial charge on any atom is -0.335 e. The number of hydrogen-bond donors (Lipinski definition) is 1. The summed E-state index contributed by atoms with van der Waals surface area (Å²) in [7, 11) is 0. The second-order valence-electron chi connectivity index (χ2n) is 9.96. The maximum absolute atomic E-state index is 13.4. The van der Waals surface area contributed by atoms with E-state index in [2.05, 4.69) is 25.5 Å². The van der Waals surface area contributed by atoms with Gasteiger partial charge in [0.25, 0.3) is 11.8 Å². The molecule has 4 aromatic rings. The van der Waals surface area contributed by atoms with Crippen LogP contribution in [0.4, 0.5) is 18.9 Å². The fourth-order valence-corrected chi connectivity index (χ4v) is 4.77. The average molecular weight is 598 g/mol. The van der Waals surface area contributed by atoms with Crippen molar-refractivity contribution in [3.63, 3.8) is 0 Å². The zero-order chi connectivity index (χ0) is 29.9. The summed E-state index contributed by atoms with van der Waals surface area (Å²) in [6.07, 6.45) is -2.97. The third-order valence-electron chi connectivity index (χ3n) is 6.94. The third-order valence-corrected chi connectivity index (χ3v) is 7.20. The van der Waals surface area contributed by atoms with Crippen LogP contribution < -0.4 is 5.32 Å². The van der Waals surface area contributed by atoms with E-state index in [9.17, 15) is 22.8 Å². The topological polar surface area (TPSA) is 96.2 Å². The van der Waals surface area contributed by atoms with Crippen LogP contribution in [0.3, 0.4) is 0 Å². The maximum atomic E-state index is 13.4. The molecule has 0 radical (unpaired) electrons. The van der Waals surface area contributed by atoms with Crippen molar-refractivity contribution in [1.29, 1.82) is 0 Å². The molecule has 1 aliphatic rings. The molecule has 0 bridgehead atoms. The van der Waals surface area contributed by atoms with Crippen molar-refractivity contribution in [3.8, 4) is 0 Å². The number of nitrogens with zero attached hydrogens (tertiary/aromatic N) is 6. The summed E-state index contributed by atoms with van der Waals surface area (Å²) in [6.45, 7) is 5.34. The van der Waals surface area contributed by atoms with E-state index < -0.39 is 17.6 Å². The first kappa shape index (κ1) is 29.2. The number of carbonyl (C=O) groups excluding carboxylic acids is 2. The molecule has 1 saturated heterocycles. The van der Waals surface area contributed by atoms with Crippen LogP contribution >= 0.6 is 11.6 Å². The van der Waals surface area contributed by atoms with Gasteiger partial charge in [-0.25, -0.2) is 4.68 Å². The van der Waals surface area contributed by atoms with Gasteiger partial charge in [-0.3, -0.25) is 19.5 Å². The molecule has 9 nitrogen and oxygen atoms in total. The van der Waals surface area contributed by atoms with Crippen molar-refractivity contribution >= 4 is 29.1 Å². The van der Waals surface area contributed by atoms with Gasteiger partial charge in [0.05, 0.1) is 17.8 Å². The minimum absolute atomic E-state index is 0.0844. The molecule has 0 saturated carbocycles. The fourth-order valence-electron chi connectivity index (χ4n) is 4.65. The van der Waals surface area contributed by atoms with Crippen LogP contribution in [0.15, 0.2) is 66.9 Å². The molecule has 218 valence electrons. The highest BCUT2D eigenvalue weighted by Gasteiger charge is 2.30. The maximum Gasteiger partial charge on any atom is 0.416 e. The van der Waals surface area contributed by atoms with E-state index >= 15 is 0 Å². The van der Waals surface area contributed by atoms with Gasteiger partial charge in [0.15, 0.2) is 0 Å². The van der Waals surface area contributed by atoms with Gasteiger partial charge in [-0.15, -0.1) is 5.10 Å². The summed E-state index contributed by atoms with van der Waals surface area (Å²) < 4.78 is 39.8. The third kappa shape index (κ3) is 6.94. The lowest BCUT2D eigenvalue weighted by molar-refractivity contribution is -0.137. The quantitative estimate of drug-likeness (QED) is 0.325. The molecular weight excluding hydrogens is 571 g/mol.